The number of phenolic OH excluding ortho intramolecular Hbond substituents is 1. The van der Waals surface area contributed by atoms with Crippen LogP contribution in [0.3, 0.4) is 0 Å². The highest BCUT2D eigenvalue weighted by Gasteiger charge is 2.16. The van der Waals surface area contributed by atoms with E-state index in [-0.39, 0.29) is 18.1 Å². The Balaban J connectivity index is 2.32. The van der Waals surface area contributed by atoms with Crippen molar-refractivity contribution in [3.05, 3.63) is 42.0 Å². The Morgan fingerprint density at radius 3 is 2.35 bits per heavy atom. The molecule has 0 saturated heterocycles. The van der Waals surface area contributed by atoms with Gasteiger partial charge in [-0.05, 0) is 41.8 Å². The lowest BCUT2D eigenvalue weighted by Gasteiger charge is -2.10. The van der Waals surface area contributed by atoms with Gasteiger partial charge in [-0.2, -0.15) is 0 Å². The number of rotatable bonds is 8. The van der Waals surface area contributed by atoms with Gasteiger partial charge in [0.15, 0.2) is 0 Å². The molecular weight excluding hydrogens is 336 g/mol. The quantitative estimate of drug-likeness (QED) is 0.444. The van der Waals surface area contributed by atoms with Crippen molar-refractivity contribution < 1.29 is 24.3 Å². The van der Waals surface area contributed by atoms with E-state index in [4.69, 9.17) is 9.68 Å². The molecule has 0 fully saturated rings. The van der Waals surface area contributed by atoms with E-state index in [1.54, 1.807) is 12.1 Å². The summed E-state index contributed by atoms with van der Waals surface area (Å²) >= 11 is 0. The first-order chi connectivity index (χ1) is 12.6. The number of ether oxygens (including phenoxy) is 1. The van der Waals surface area contributed by atoms with Crippen LogP contribution in [0, 0.1) is 0 Å². The summed E-state index contributed by atoms with van der Waals surface area (Å²) in [4.78, 5) is 21.2. The topological polar surface area (TPSA) is 89.7 Å². The number of benzene rings is 2. The molecule has 7 heteroatoms. The second-order valence-corrected chi connectivity index (χ2v) is 5.52. The summed E-state index contributed by atoms with van der Waals surface area (Å²) in [7, 11) is 4.27. The van der Waals surface area contributed by atoms with Crippen LogP contribution in [0.15, 0.2) is 46.7 Å². The van der Waals surface area contributed by atoms with E-state index in [1.165, 1.54) is 21.3 Å². The molecule has 2 rings (SSSR count). The minimum atomic E-state index is -0.280. The Morgan fingerprint density at radius 2 is 1.65 bits per heavy atom. The average Bonchev–Trinajstić information content (AvgIpc) is 2.65. The molecular formula is C19H22N2O5. The molecule has 0 aliphatic carbocycles. The Hall–Kier alpha value is -3.09. The van der Waals surface area contributed by atoms with E-state index in [9.17, 15) is 9.90 Å². The number of carbonyl (C=O) groups excluding carboxylic acids is 1. The number of hydrogen-bond acceptors (Lipinski definition) is 7. The van der Waals surface area contributed by atoms with Crippen molar-refractivity contribution in [2.75, 3.05) is 21.3 Å². The minimum Gasteiger partial charge on any atom is -0.508 e. The second kappa shape index (κ2) is 9.41. The van der Waals surface area contributed by atoms with Crippen molar-refractivity contribution >= 4 is 28.2 Å². The highest BCUT2D eigenvalue weighted by Crippen LogP contribution is 2.22. The number of fused-ring (bicyclic) bond motifs is 1. The van der Waals surface area contributed by atoms with Gasteiger partial charge in [0.25, 0.3) is 0 Å². The first-order valence-corrected chi connectivity index (χ1v) is 8.10. The fourth-order valence-electron chi connectivity index (χ4n) is 2.56. The van der Waals surface area contributed by atoms with Crippen molar-refractivity contribution in [2.24, 2.45) is 10.3 Å². The van der Waals surface area contributed by atoms with Gasteiger partial charge >= 0.3 is 5.97 Å². The third-order valence-corrected chi connectivity index (χ3v) is 3.78. The van der Waals surface area contributed by atoms with Crippen LogP contribution >= 0.6 is 0 Å². The molecule has 0 unspecified atom stereocenters. The molecule has 138 valence electrons. The summed E-state index contributed by atoms with van der Waals surface area (Å²) in [6.45, 7) is 0. The Bertz CT molecular complexity index is 830. The number of nitrogens with zero attached hydrogens (tertiary/aromatic N) is 2. The van der Waals surface area contributed by atoms with Crippen LogP contribution in [0.1, 0.15) is 24.8 Å². The first kappa shape index (κ1) is 19.2. The van der Waals surface area contributed by atoms with Crippen molar-refractivity contribution in [1.82, 2.24) is 0 Å². The molecule has 0 amide bonds. The Labute approximate surface area is 151 Å². The van der Waals surface area contributed by atoms with E-state index in [2.05, 4.69) is 15.0 Å². The summed E-state index contributed by atoms with van der Waals surface area (Å²) in [5.74, 6) is -0.0713. The summed E-state index contributed by atoms with van der Waals surface area (Å²) in [6.07, 6.45) is 1.29. The molecule has 0 aliphatic rings. The summed E-state index contributed by atoms with van der Waals surface area (Å²) < 4.78 is 4.66. The molecule has 1 N–H and O–H groups in total. The van der Waals surface area contributed by atoms with Crippen molar-refractivity contribution in [3.8, 4) is 5.75 Å². The average molecular weight is 358 g/mol. The molecule has 2 aromatic carbocycles. The monoisotopic (exact) mass is 358 g/mol. The molecule has 0 aliphatic heterocycles. The smallest absolute Gasteiger partial charge is 0.305 e. The fraction of sp³-hybridized carbons (Fsp3) is 0.316. The number of aromatic hydroxyl groups is 1. The number of methoxy groups -OCH3 is 1. The normalized spacial score (nSPS) is 12.1. The van der Waals surface area contributed by atoms with Crippen molar-refractivity contribution in [2.45, 2.75) is 19.3 Å². The predicted octanol–water partition coefficient (Wildman–Crippen LogP) is 3.24. The lowest BCUT2D eigenvalue weighted by atomic mass is 9.98. The van der Waals surface area contributed by atoms with Gasteiger partial charge in [-0.3, -0.25) is 4.79 Å². The summed E-state index contributed by atoms with van der Waals surface area (Å²) in [5, 5.41) is 19.6. The lowest BCUT2D eigenvalue weighted by molar-refractivity contribution is -0.140. The molecule has 0 heterocycles. The molecule has 0 bridgehead atoms. The zero-order valence-corrected chi connectivity index (χ0v) is 15.1. The Morgan fingerprint density at radius 1 is 0.962 bits per heavy atom. The molecule has 2 aromatic rings. The fourth-order valence-corrected chi connectivity index (χ4v) is 2.56. The van der Waals surface area contributed by atoms with Gasteiger partial charge in [-0.15, -0.1) is 0 Å². The van der Waals surface area contributed by atoms with Crippen LogP contribution in [0.2, 0.25) is 0 Å². The molecule has 0 radical (unpaired) electrons. The minimum absolute atomic E-state index is 0.209. The molecule has 26 heavy (non-hydrogen) atoms. The van der Waals surface area contributed by atoms with Crippen molar-refractivity contribution in [3.63, 3.8) is 0 Å². The highest BCUT2D eigenvalue weighted by atomic mass is 16.6. The third-order valence-electron chi connectivity index (χ3n) is 3.78. The zero-order chi connectivity index (χ0) is 18.9. The van der Waals surface area contributed by atoms with Crippen LogP contribution < -0.4 is 0 Å². The predicted molar refractivity (Wildman–Crippen MR) is 99.5 cm³/mol. The van der Waals surface area contributed by atoms with Gasteiger partial charge in [-0.1, -0.05) is 28.5 Å². The van der Waals surface area contributed by atoms with E-state index >= 15 is 0 Å². The van der Waals surface area contributed by atoms with Crippen LogP contribution in [0.5, 0.6) is 5.75 Å². The van der Waals surface area contributed by atoms with Crippen LogP contribution in [0.4, 0.5) is 0 Å². The van der Waals surface area contributed by atoms with E-state index in [0.29, 0.717) is 24.3 Å². The van der Waals surface area contributed by atoms with Gasteiger partial charge in [0.2, 0.25) is 0 Å². The summed E-state index contributed by atoms with van der Waals surface area (Å²) in [6, 6.07) is 10.8. The number of esters is 1. The number of carbonyl (C=O) groups is 1. The number of phenols is 1. The van der Waals surface area contributed by atoms with E-state index < -0.39 is 0 Å². The maximum Gasteiger partial charge on any atom is 0.305 e. The maximum atomic E-state index is 11.3. The van der Waals surface area contributed by atoms with Gasteiger partial charge in [0.1, 0.15) is 31.4 Å². The van der Waals surface area contributed by atoms with Gasteiger partial charge in [-0.25, -0.2) is 0 Å². The Kier molecular flexibility index (Phi) is 6.96. The van der Waals surface area contributed by atoms with Crippen LogP contribution in [-0.4, -0.2) is 43.8 Å². The summed E-state index contributed by atoms with van der Waals surface area (Å²) in [5.41, 5.74) is 1.88. The second-order valence-electron chi connectivity index (χ2n) is 5.52. The van der Waals surface area contributed by atoms with E-state index in [1.807, 2.05) is 24.3 Å². The molecule has 0 saturated carbocycles. The first-order valence-electron chi connectivity index (χ1n) is 8.10. The number of hydrogen-bond donors (Lipinski definition) is 1. The van der Waals surface area contributed by atoms with Gasteiger partial charge in [0.05, 0.1) is 7.11 Å². The third kappa shape index (κ3) is 4.95. The standard InChI is InChI=1S/C19H22N2O5/c1-24-18(23)6-4-5-17(20-25-2)19(21-26-3)15-8-7-14-12-16(22)10-9-13(14)11-15/h7-12,22H,4-6H2,1-3H3/b20-17+,21-19+. The molecule has 0 atom stereocenters. The molecule has 0 aromatic heterocycles. The van der Waals surface area contributed by atoms with Crippen LogP contribution in [-0.2, 0) is 19.2 Å². The molecule has 0 spiro atoms. The zero-order valence-electron chi connectivity index (χ0n) is 15.1. The van der Waals surface area contributed by atoms with Crippen molar-refractivity contribution in [1.29, 1.82) is 0 Å². The van der Waals surface area contributed by atoms with E-state index in [0.717, 1.165) is 16.3 Å². The number of oxime groups is 2. The SMILES string of the molecule is CO/N=C(CCCC(=O)OC)/C(=N/OC)c1ccc2cc(O)ccc2c1. The lowest BCUT2D eigenvalue weighted by Crippen LogP contribution is -2.17. The van der Waals surface area contributed by atoms with Gasteiger partial charge < -0.3 is 19.5 Å². The maximum absolute atomic E-state index is 11.3. The largest absolute Gasteiger partial charge is 0.508 e. The van der Waals surface area contributed by atoms with Gasteiger partial charge in [0, 0.05) is 12.0 Å². The highest BCUT2D eigenvalue weighted by molar-refractivity contribution is 6.48. The van der Waals surface area contributed by atoms with Crippen LogP contribution in [0.25, 0.3) is 10.8 Å². The molecule has 7 nitrogen and oxygen atoms in total.